The van der Waals surface area contributed by atoms with Crippen LogP contribution in [0.4, 0.5) is 22.0 Å². The van der Waals surface area contributed by atoms with Gasteiger partial charge in [-0.15, -0.1) is 0 Å². The minimum absolute atomic E-state index is 0.415. The summed E-state index contributed by atoms with van der Waals surface area (Å²) in [6.07, 6.45) is -6.51. The summed E-state index contributed by atoms with van der Waals surface area (Å²) >= 11 is 0. The van der Waals surface area contributed by atoms with E-state index in [1.807, 2.05) is 0 Å². The van der Waals surface area contributed by atoms with Gasteiger partial charge in [-0.25, -0.2) is 0 Å². The van der Waals surface area contributed by atoms with E-state index in [1.54, 1.807) is 0 Å². The van der Waals surface area contributed by atoms with Crippen LogP contribution in [-0.4, -0.2) is 30.6 Å². The van der Waals surface area contributed by atoms with Crippen LogP contribution in [0, 0.1) is 0 Å². The fourth-order valence-corrected chi connectivity index (χ4v) is 1.77. The van der Waals surface area contributed by atoms with Crippen LogP contribution in [0.15, 0.2) is 0 Å². The van der Waals surface area contributed by atoms with Crippen molar-refractivity contribution in [3.63, 3.8) is 0 Å². The number of ether oxygens (including phenoxy) is 1. The smallest absolute Gasteiger partial charge is 0.361 e. The van der Waals surface area contributed by atoms with Crippen LogP contribution in [-0.2, 0) is 9.53 Å². The van der Waals surface area contributed by atoms with Gasteiger partial charge in [0.1, 0.15) is 0 Å². The van der Waals surface area contributed by atoms with Gasteiger partial charge >= 0.3 is 12.1 Å². The maximum Gasteiger partial charge on any atom is 0.456 e. The normalized spacial score (nSPS) is 21.2. The number of halogens is 5. The Kier molecular flexibility index (Phi) is 4.46. The van der Waals surface area contributed by atoms with Gasteiger partial charge in [-0.1, -0.05) is 19.3 Å². The molecule has 0 aliphatic heterocycles. The van der Waals surface area contributed by atoms with Gasteiger partial charge in [-0.05, 0) is 12.8 Å². The molecule has 0 N–H and O–H groups in total. The minimum Gasteiger partial charge on any atom is -0.361 e. The Morgan fingerprint density at radius 1 is 1.06 bits per heavy atom. The zero-order valence-electron chi connectivity index (χ0n) is 8.97. The molecule has 1 saturated carbocycles. The van der Waals surface area contributed by atoms with E-state index < -0.39 is 30.6 Å². The van der Waals surface area contributed by atoms with Gasteiger partial charge in [-0.3, -0.25) is 0 Å². The first-order valence-corrected chi connectivity index (χ1v) is 5.34. The van der Waals surface area contributed by atoms with Crippen molar-refractivity contribution in [1.82, 2.24) is 0 Å². The van der Waals surface area contributed by atoms with Gasteiger partial charge in [0.2, 0.25) is 0 Å². The highest BCUT2D eigenvalue weighted by Crippen LogP contribution is 2.39. The number of carbonyl (C=O) groups excluding carboxylic acids is 1. The Hall–Kier alpha value is -0.720. The van der Waals surface area contributed by atoms with E-state index in [0.717, 1.165) is 6.42 Å². The molecule has 17 heavy (non-hydrogen) atoms. The molecule has 1 unspecified atom stereocenters. The van der Waals surface area contributed by atoms with Crippen molar-refractivity contribution in [2.75, 3.05) is 0 Å². The fraction of sp³-hybridized carbons (Fsp3) is 0.900. The lowest BCUT2D eigenvalue weighted by Crippen LogP contribution is -2.50. The summed E-state index contributed by atoms with van der Waals surface area (Å²) in [5.74, 6) is -5.13. The number of aldehydes is 1. The molecule has 0 aromatic rings. The third-order valence-electron chi connectivity index (χ3n) is 2.75. The summed E-state index contributed by atoms with van der Waals surface area (Å²) in [5, 5.41) is 0. The Labute approximate surface area is 95.1 Å². The first-order valence-electron chi connectivity index (χ1n) is 5.34. The highest BCUT2D eigenvalue weighted by Gasteiger charge is 2.63. The lowest BCUT2D eigenvalue weighted by molar-refractivity contribution is -0.315. The van der Waals surface area contributed by atoms with E-state index in [0.29, 0.717) is 25.7 Å². The minimum atomic E-state index is -5.77. The maximum atomic E-state index is 12.9. The van der Waals surface area contributed by atoms with Crippen molar-refractivity contribution < 1.29 is 31.5 Å². The molecule has 100 valence electrons. The molecule has 1 atom stereocenters. The summed E-state index contributed by atoms with van der Waals surface area (Å²) in [5.41, 5.74) is 0. The highest BCUT2D eigenvalue weighted by atomic mass is 19.4. The SMILES string of the molecule is O=CC(OC1CCCCC1)C(F)(F)C(F)(F)F. The van der Waals surface area contributed by atoms with E-state index in [-0.39, 0.29) is 0 Å². The highest BCUT2D eigenvalue weighted by molar-refractivity contribution is 5.58. The van der Waals surface area contributed by atoms with E-state index in [1.165, 1.54) is 0 Å². The Morgan fingerprint density at radius 2 is 1.59 bits per heavy atom. The van der Waals surface area contributed by atoms with Gasteiger partial charge in [0.25, 0.3) is 0 Å². The van der Waals surface area contributed by atoms with Crippen LogP contribution >= 0.6 is 0 Å². The van der Waals surface area contributed by atoms with Crippen molar-refractivity contribution in [3.05, 3.63) is 0 Å². The summed E-state index contributed by atoms with van der Waals surface area (Å²) in [7, 11) is 0. The number of rotatable bonds is 4. The second-order valence-corrected chi connectivity index (χ2v) is 4.07. The molecule has 0 aromatic carbocycles. The van der Waals surface area contributed by atoms with Gasteiger partial charge in [-0.2, -0.15) is 22.0 Å². The quantitative estimate of drug-likeness (QED) is 0.573. The first-order chi connectivity index (χ1) is 7.79. The lowest BCUT2D eigenvalue weighted by Gasteiger charge is -2.30. The van der Waals surface area contributed by atoms with Gasteiger partial charge in [0, 0.05) is 0 Å². The average molecular weight is 260 g/mol. The Morgan fingerprint density at radius 3 is 2.00 bits per heavy atom. The van der Waals surface area contributed by atoms with Crippen molar-refractivity contribution in [2.24, 2.45) is 0 Å². The van der Waals surface area contributed by atoms with E-state index in [2.05, 4.69) is 4.74 Å². The topological polar surface area (TPSA) is 26.3 Å². The molecule has 1 aliphatic rings. The molecule has 0 heterocycles. The molecule has 1 aliphatic carbocycles. The van der Waals surface area contributed by atoms with Crippen LogP contribution in [0.2, 0.25) is 0 Å². The molecular weight excluding hydrogens is 247 g/mol. The number of hydrogen-bond donors (Lipinski definition) is 0. The first kappa shape index (κ1) is 14.3. The molecule has 0 aromatic heterocycles. The Balaban J connectivity index is 2.67. The Bertz CT molecular complexity index is 258. The van der Waals surface area contributed by atoms with Crippen molar-refractivity contribution in [1.29, 1.82) is 0 Å². The zero-order valence-corrected chi connectivity index (χ0v) is 8.97. The third-order valence-corrected chi connectivity index (χ3v) is 2.75. The predicted molar refractivity (Wildman–Crippen MR) is 48.8 cm³/mol. The number of carbonyl (C=O) groups is 1. The number of hydrogen-bond acceptors (Lipinski definition) is 2. The molecule has 0 radical (unpaired) electrons. The molecule has 7 heteroatoms. The van der Waals surface area contributed by atoms with E-state index in [9.17, 15) is 26.7 Å². The van der Waals surface area contributed by atoms with Crippen molar-refractivity contribution in [3.8, 4) is 0 Å². The molecule has 1 rings (SSSR count). The summed E-state index contributed by atoms with van der Waals surface area (Å²) in [6, 6.07) is 0. The summed E-state index contributed by atoms with van der Waals surface area (Å²) in [4.78, 5) is 10.4. The van der Waals surface area contributed by atoms with Crippen molar-refractivity contribution in [2.45, 2.75) is 56.4 Å². The monoisotopic (exact) mass is 260 g/mol. The van der Waals surface area contributed by atoms with Crippen LogP contribution in [0.25, 0.3) is 0 Å². The van der Waals surface area contributed by atoms with Crippen LogP contribution in [0.3, 0.4) is 0 Å². The second-order valence-electron chi connectivity index (χ2n) is 4.07. The summed E-state index contributed by atoms with van der Waals surface area (Å²) < 4.78 is 66.4. The average Bonchev–Trinajstić information content (AvgIpc) is 2.25. The molecular formula is C10H13F5O2. The molecule has 0 spiro atoms. The largest absolute Gasteiger partial charge is 0.456 e. The van der Waals surface area contributed by atoms with Crippen LogP contribution < -0.4 is 0 Å². The molecule has 0 amide bonds. The molecule has 0 saturated heterocycles. The van der Waals surface area contributed by atoms with Crippen molar-refractivity contribution >= 4 is 6.29 Å². The summed E-state index contributed by atoms with van der Waals surface area (Å²) in [6.45, 7) is 0. The van der Waals surface area contributed by atoms with Gasteiger partial charge in [0.05, 0.1) is 6.10 Å². The standard InChI is InChI=1S/C10H13F5O2/c11-9(12,10(13,14)15)8(6-16)17-7-4-2-1-3-5-7/h6-8H,1-5H2. The fourth-order valence-electron chi connectivity index (χ4n) is 1.77. The second kappa shape index (κ2) is 5.29. The lowest BCUT2D eigenvalue weighted by atomic mass is 9.97. The van der Waals surface area contributed by atoms with Gasteiger partial charge in [0.15, 0.2) is 12.4 Å². The van der Waals surface area contributed by atoms with E-state index >= 15 is 0 Å². The predicted octanol–water partition coefficient (Wildman–Crippen LogP) is 3.10. The van der Waals surface area contributed by atoms with Gasteiger partial charge < -0.3 is 9.53 Å². The molecule has 0 bridgehead atoms. The molecule has 2 nitrogen and oxygen atoms in total. The molecule has 1 fully saturated rings. The van der Waals surface area contributed by atoms with Crippen LogP contribution in [0.1, 0.15) is 32.1 Å². The zero-order chi connectivity index (χ0) is 13.1. The third kappa shape index (κ3) is 3.37. The van der Waals surface area contributed by atoms with E-state index in [4.69, 9.17) is 0 Å². The maximum absolute atomic E-state index is 12.9. The number of alkyl halides is 5. The van der Waals surface area contributed by atoms with Crippen LogP contribution in [0.5, 0.6) is 0 Å².